The van der Waals surface area contributed by atoms with E-state index >= 15 is 0 Å². The molecule has 0 saturated heterocycles. The van der Waals surface area contributed by atoms with Gasteiger partial charge in [0.05, 0.1) is 12.7 Å². The van der Waals surface area contributed by atoms with Gasteiger partial charge in [0.25, 0.3) is 0 Å². The minimum atomic E-state index is -0.480. The second kappa shape index (κ2) is 4.96. The van der Waals surface area contributed by atoms with Crippen LogP contribution in [0.4, 0.5) is 0 Å². The van der Waals surface area contributed by atoms with Crippen molar-refractivity contribution in [3.8, 4) is 6.07 Å². The third-order valence-corrected chi connectivity index (χ3v) is 4.07. The molecule has 1 N–H and O–H groups in total. The molecular formula is C12H16N2OS. The lowest BCUT2D eigenvalue weighted by Crippen LogP contribution is -2.44. The smallest absolute Gasteiger partial charge is 0.133 e. The maximum Gasteiger partial charge on any atom is 0.133 e. The monoisotopic (exact) mass is 236 g/mol. The Kier molecular flexibility index (Phi) is 3.59. The van der Waals surface area contributed by atoms with Crippen LogP contribution in [0.25, 0.3) is 0 Å². The van der Waals surface area contributed by atoms with E-state index in [9.17, 15) is 5.26 Å². The minimum absolute atomic E-state index is 0.480. The number of ether oxygens (including phenoxy) is 1. The van der Waals surface area contributed by atoms with Gasteiger partial charge in [-0.15, -0.1) is 11.3 Å². The Bertz CT molecular complexity index is 396. The third kappa shape index (κ3) is 1.99. The summed E-state index contributed by atoms with van der Waals surface area (Å²) in [5, 5.41) is 14.9. The van der Waals surface area contributed by atoms with Crippen molar-refractivity contribution in [1.82, 2.24) is 5.32 Å². The Balaban J connectivity index is 2.20. The van der Waals surface area contributed by atoms with Crippen molar-refractivity contribution >= 4 is 11.3 Å². The summed E-state index contributed by atoms with van der Waals surface area (Å²) in [4.78, 5) is 1.36. The van der Waals surface area contributed by atoms with Crippen LogP contribution < -0.4 is 5.32 Å². The van der Waals surface area contributed by atoms with Crippen LogP contribution in [0.15, 0.2) is 11.4 Å². The number of nitrogens with zero attached hydrogens (tertiary/aromatic N) is 1. The van der Waals surface area contributed by atoms with E-state index in [0.717, 1.165) is 25.8 Å². The summed E-state index contributed by atoms with van der Waals surface area (Å²) in [5.41, 5.74) is 0.703. The van der Waals surface area contributed by atoms with Crippen LogP contribution in [-0.4, -0.2) is 20.3 Å². The second-order valence-electron chi connectivity index (χ2n) is 4.05. The number of fused-ring (bicyclic) bond motifs is 1. The van der Waals surface area contributed by atoms with Gasteiger partial charge in [-0.25, -0.2) is 0 Å². The molecule has 0 spiro atoms. The van der Waals surface area contributed by atoms with Crippen LogP contribution >= 0.6 is 11.3 Å². The van der Waals surface area contributed by atoms with E-state index in [4.69, 9.17) is 4.74 Å². The topological polar surface area (TPSA) is 45.0 Å². The summed E-state index contributed by atoms with van der Waals surface area (Å²) >= 11 is 1.76. The molecule has 1 aromatic rings. The normalized spacial score (nSPS) is 23.8. The largest absolute Gasteiger partial charge is 0.383 e. The lowest BCUT2D eigenvalue weighted by atomic mass is 9.81. The zero-order valence-electron chi connectivity index (χ0n) is 9.45. The van der Waals surface area contributed by atoms with E-state index in [0.29, 0.717) is 6.61 Å². The highest BCUT2D eigenvalue weighted by atomic mass is 32.1. The Morgan fingerprint density at radius 2 is 2.56 bits per heavy atom. The predicted molar refractivity (Wildman–Crippen MR) is 64.4 cm³/mol. The number of methoxy groups -OCH3 is 1. The number of nitriles is 1. The molecule has 1 unspecified atom stereocenters. The van der Waals surface area contributed by atoms with Gasteiger partial charge in [-0.3, -0.25) is 5.32 Å². The molecule has 4 heteroatoms. The van der Waals surface area contributed by atoms with Crippen LogP contribution in [0.3, 0.4) is 0 Å². The molecule has 0 bridgehead atoms. The quantitative estimate of drug-likeness (QED) is 0.814. The van der Waals surface area contributed by atoms with Gasteiger partial charge in [-0.05, 0) is 30.7 Å². The third-order valence-electron chi connectivity index (χ3n) is 3.08. The Morgan fingerprint density at radius 1 is 1.69 bits per heavy atom. The molecule has 2 rings (SSSR count). The van der Waals surface area contributed by atoms with E-state index < -0.39 is 5.54 Å². The van der Waals surface area contributed by atoms with E-state index in [1.807, 2.05) is 0 Å². The van der Waals surface area contributed by atoms with Gasteiger partial charge in [0.15, 0.2) is 0 Å². The predicted octanol–water partition coefficient (Wildman–Crippen LogP) is 2.04. The maximum absolute atomic E-state index is 9.46. The minimum Gasteiger partial charge on any atom is -0.383 e. The van der Waals surface area contributed by atoms with E-state index in [-0.39, 0.29) is 0 Å². The molecule has 0 aliphatic heterocycles. The van der Waals surface area contributed by atoms with Crippen molar-refractivity contribution in [1.29, 1.82) is 5.26 Å². The molecule has 1 aromatic heterocycles. The van der Waals surface area contributed by atoms with Crippen molar-refractivity contribution in [3.63, 3.8) is 0 Å². The van der Waals surface area contributed by atoms with Gasteiger partial charge in [0.2, 0.25) is 0 Å². The molecule has 0 radical (unpaired) electrons. The summed E-state index contributed by atoms with van der Waals surface area (Å²) in [5.74, 6) is 0. The molecule has 1 aliphatic rings. The molecule has 3 nitrogen and oxygen atoms in total. The van der Waals surface area contributed by atoms with Crippen LogP contribution in [0, 0.1) is 11.3 Å². The first kappa shape index (κ1) is 11.6. The fraction of sp³-hybridized carbons (Fsp3) is 0.583. The highest BCUT2D eigenvalue weighted by Gasteiger charge is 2.36. The first-order valence-corrected chi connectivity index (χ1v) is 6.42. The number of thiophene rings is 1. The number of hydrogen-bond acceptors (Lipinski definition) is 4. The molecular weight excluding hydrogens is 220 g/mol. The number of hydrogen-bond donors (Lipinski definition) is 1. The van der Waals surface area contributed by atoms with Crippen molar-refractivity contribution in [2.75, 3.05) is 20.3 Å². The van der Waals surface area contributed by atoms with Crippen LogP contribution in [-0.2, 0) is 16.7 Å². The van der Waals surface area contributed by atoms with Crippen LogP contribution in [0.2, 0.25) is 0 Å². The molecule has 0 aromatic carbocycles. The van der Waals surface area contributed by atoms with E-state index in [2.05, 4.69) is 22.8 Å². The average molecular weight is 236 g/mol. The molecule has 1 aliphatic carbocycles. The molecule has 0 amide bonds. The molecule has 16 heavy (non-hydrogen) atoms. The summed E-state index contributed by atoms with van der Waals surface area (Å²) in [6, 6.07) is 4.54. The average Bonchev–Trinajstić information content (AvgIpc) is 2.78. The van der Waals surface area contributed by atoms with Crippen molar-refractivity contribution < 1.29 is 4.74 Å². The molecule has 1 heterocycles. The lowest BCUT2D eigenvalue weighted by molar-refractivity contribution is 0.188. The van der Waals surface area contributed by atoms with Gasteiger partial charge < -0.3 is 4.74 Å². The van der Waals surface area contributed by atoms with Crippen LogP contribution in [0.5, 0.6) is 0 Å². The first-order chi connectivity index (χ1) is 7.82. The fourth-order valence-corrected chi connectivity index (χ4v) is 3.27. The number of aryl methyl sites for hydroxylation is 1. The number of rotatable bonds is 4. The van der Waals surface area contributed by atoms with Gasteiger partial charge in [0, 0.05) is 24.1 Å². The van der Waals surface area contributed by atoms with Crippen molar-refractivity contribution in [3.05, 3.63) is 21.9 Å². The highest BCUT2D eigenvalue weighted by Crippen LogP contribution is 2.37. The SMILES string of the molecule is COCCNC1(C#N)CCCc2sccc21. The zero-order chi connectivity index (χ0) is 11.4. The Morgan fingerprint density at radius 3 is 3.31 bits per heavy atom. The Hall–Kier alpha value is -0.890. The summed E-state index contributed by atoms with van der Waals surface area (Å²) in [6.07, 6.45) is 3.10. The van der Waals surface area contributed by atoms with Gasteiger partial charge in [-0.2, -0.15) is 5.26 Å². The molecule has 86 valence electrons. The molecule has 0 fully saturated rings. The summed E-state index contributed by atoms with van der Waals surface area (Å²) in [6.45, 7) is 1.36. The summed E-state index contributed by atoms with van der Waals surface area (Å²) in [7, 11) is 1.68. The van der Waals surface area contributed by atoms with Crippen molar-refractivity contribution in [2.45, 2.75) is 24.8 Å². The second-order valence-corrected chi connectivity index (χ2v) is 5.05. The van der Waals surface area contributed by atoms with Gasteiger partial charge in [0.1, 0.15) is 5.54 Å². The molecule has 0 saturated carbocycles. The van der Waals surface area contributed by atoms with E-state index in [1.165, 1.54) is 10.4 Å². The van der Waals surface area contributed by atoms with Crippen LogP contribution in [0.1, 0.15) is 23.3 Å². The van der Waals surface area contributed by atoms with Gasteiger partial charge >= 0.3 is 0 Å². The highest BCUT2D eigenvalue weighted by molar-refractivity contribution is 7.10. The fourth-order valence-electron chi connectivity index (χ4n) is 2.27. The van der Waals surface area contributed by atoms with Gasteiger partial charge in [-0.1, -0.05) is 0 Å². The maximum atomic E-state index is 9.46. The Labute approximate surface area is 100 Å². The lowest BCUT2D eigenvalue weighted by Gasteiger charge is -2.32. The van der Waals surface area contributed by atoms with E-state index in [1.54, 1.807) is 18.4 Å². The van der Waals surface area contributed by atoms with Crippen molar-refractivity contribution in [2.24, 2.45) is 0 Å². The first-order valence-electron chi connectivity index (χ1n) is 5.54. The number of nitrogens with one attached hydrogen (secondary N) is 1. The molecule has 1 atom stereocenters. The summed E-state index contributed by atoms with van der Waals surface area (Å²) < 4.78 is 5.02. The standard InChI is InChI=1S/C12H16N2OS/c1-15-7-6-14-12(9-13)5-2-3-11-10(12)4-8-16-11/h4,8,14H,2-3,5-7H2,1H3. The zero-order valence-corrected chi connectivity index (χ0v) is 10.3.